The summed E-state index contributed by atoms with van der Waals surface area (Å²) in [4.78, 5) is 14.0. The maximum absolute atomic E-state index is 13.3. The average Bonchev–Trinajstić information content (AvgIpc) is 2.42. The molecule has 19 heavy (non-hydrogen) atoms. The highest BCUT2D eigenvalue weighted by Crippen LogP contribution is 2.13. The van der Waals surface area contributed by atoms with Crippen LogP contribution in [0.2, 0.25) is 0 Å². The minimum Gasteiger partial charge on any atom is -0.384 e. The molecule has 0 fully saturated rings. The van der Waals surface area contributed by atoms with Crippen molar-refractivity contribution in [3.05, 3.63) is 35.1 Å². The van der Waals surface area contributed by atoms with Crippen LogP contribution in [-0.2, 0) is 0 Å². The molecule has 0 atom stereocenters. The zero-order valence-corrected chi connectivity index (χ0v) is 11.2. The average molecular weight is 263 g/mol. The fourth-order valence-electron chi connectivity index (χ4n) is 1.78. The van der Waals surface area contributed by atoms with Gasteiger partial charge in [0.05, 0.1) is 5.56 Å². The van der Waals surface area contributed by atoms with Crippen molar-refractivity contribution < 1.29 is 14.3 Å². The molecule has 0 radical (unpaired) electrons. The molecule has 102 valence electrons. The first-order valence-corrected chi connectivity index (χ1v) is 6.32. The van der Waals surface area contributed by atoms with Gasteiger partial charge in [-0.15, -0.1) is 0 Å². The van der Waals surface area contributed by atoms with Crippen molar-refractivity contribution >= 4 is 5.91 Å². The Labute approximate surface area is 113 Å². The number of aliphatic hydroxyl groups excluding tert-OH is 1. The van der Waals surface area contributed by atoms with Crippen LogP contribution < -0.4 is 0 Å². The van der Waals surface area contributed by atoms with Gasteiger partial charge in [0, 0.05) is 18.7 Å². The first-order valence-electron chi connectivity index (χ1n) is 6.32. The summed E-state index contributed by atoms with van der Waals surface area (Å²) in [7, 11) is 0. The normalized spacial score (nSPS) is 9.68. The molecule has 0 aliphatic carbocycles. The van der Waals surface area contributed by atoms with Gasteiger partial charge in [0.15, 0.2) is 0 Å². The van der Waals surface area contributed by atoms with E-state index in [1.165, 1.54) is 18.2 Å². The summed E-state index contributed by atoms with van der Waals surface area (Å²) in [6, 6.07) is 3.92. The number of carbonyl (C=O) groups is 1. The molecule has 0 aliphatic heterocycles. The van der Waals surface area contributed by atoms with E-state index in [-0.39, 0.29) is 18.1 Å². The van der Waals surface area contributed by atoms with E-state index >= 15 is 0 Å². The Morgan fingerprint density at radius 1 is 1.42 bits per heavy atom. The number of rotatable bonds is 4. The van der Waals surface area contributed by atoms with Crippen molar-refractivity contribution in [1.82, 2.24) is 4.90 Å². The zero-order valence-electron chi connectivity index (χ0n) is 11.2. The number of carbonyl (C=O) groups excluding carboxylic acids is 1. The van der Waals surface area contributed by atoms with E-state index in [0.29, 0.717) is 18.7 Å². The summed E-state index contributed by atoms with van der Waals surface area (Å²) in [5.74, 6) is 4.46. The fourth-order valence-corrected chi connectivity index (χ4v) is 1.78. The molecular weight excluding hydrogens is 245 g/mol. The highest BCUT2D eigenvalue weighted by molar-refractivity contribution is 5.96. The zero-order chi connectivity index (χ0) is 14.3. The number of halogens is 1. The molecule has 0 saturated carbocycles. The maximum Gasteiger partial charge on any atom is 0.255 e. The third-order valence-electron chi connectivity index (χ3n) is 2.68. The summed E-state index contributed by atoms with van der Waals surface area (Å²) in [6.07, 6.45) is 0.840. The molecule has 0 bridgehead atoms. The minimum absolute atomic E-state index is 0.230. The van der Waals surface area contributed by atoms with Gasteiger partial charge in [0.2, 0.25) is 0 Å². The third-order valence-corrected chi connectivity index (χ3v) is 2.68. The van der Waals surface area contributed by atoms with Gasteiger partial charge in [-0.05, 0) is 31.5 Å². The Morgan fingerprint density at radius 3 is 2.74 bits per heavy atom. The lowest BCUT2D eigenvalue weighted by molar-refractivity contribution is 0.0763. The van der Waals surface area contributed by atoms with E-state index in [9.17, 15) is 9.18 Å². The van der Waals surface area contributed by atoms with Gasteiger partial charge in [-0.2, -0.15) is 0 Å². The second kappa shape index (κ2) is 7.55. The van der Waals surface area contributed by atoms with E-state index in [2.05, 4.69) is 11.8 Å². The van der Waals surface area contributed by atoms with Gasteiger partial charge in [-0.25, -0.2) is 4.39 Å². The summed E-state index contributed by atoms with van der Waals surface area (Å²) in [5, 5.41) is 8.71. The predicted molar refractivity (Wildman–Crippen MR) is 72.2 cm³/mol. The summed E-state index contributed by atoms with van der Waals surface area (Å²) >= 11 is 0. The van der Waals surface area contributed by atoms with Crippen molar-refractivity contribution in [2.24, 2.45) is 0 Å². The first-order chi connectivity index (χ1) is 9.13. The Kier molecular flexibility index (Phi) is 6.04. The molecule has 1 amide bonds. The summed E-state index contributed by atoms with van der Waals surface area (Å²) in [6.45, 7) is 4.76. The summed E-state index contributed by atoms with van der Waals surface area (Å²) in [5.41, 5.74) is 0.686. The molecule has 1 aromatic carbocycles. The van der Waals surface area contributed by atoms with Gasteiger partial charge >= 0.3 is 0 Å². The van der Waals surface area contributed by atoms with Crippen LogP contribution in [0.3, 0.4) is 0 Å². The minimum atomic E-state index is -0.467. The van der Waals surface area contributed by atoms with Crippen LogP contribution in [0.15, 0.2) is 18.2 Å². The lowest BCUT2D eigenvalue weighted by Crippen LogP contribution is -2.32. The van der Waals surface area contributed by atoms with Crippen molar-refractivity contribution in [3.8, 4) is 11.8 Å². The van der Waals surface area contributed by atoms with E-state index in [1.807, 2.05) is 13.8 Å². The number of hydrogen-bond donors (Lipinski definition) is 1. The van der Waals surface area contributed by atoms with Crippen molar-refractivity contribution in [1.29, 1.82) is 0 Å². The Morgan fingerprint density at radius 2 is 2.16 bits per heavy atom. The van der Waals surface area contributed by atoms with Crippen LogP contribution in [0.4, 0.5) is 4.39 Å². The highest BCUT2D eigenvalue weighted by Gasteiger charge is 2.17. The monoisotopic (exact) mass is 263 g/mol. The second-order valence-electron chi connectivity index (χ2n) is 4.03. The van der Waals surface area contributed by atoms with Crippen LogP contribution in [-0.4, -0.2) is 35.6 Å². The smallest absolute Gasteiger partial charge is 0.255 e. The maximum atomic E-state index is 13.3. The molecule has 0 aliphatic rings. The van der Waals surface area contributed by atoms with Crippen LogP contribution in [0.25, 0.3) is 0 Å². The molecule has 3 nitrogen and oxygen atoms in total. The predicted octanol–water partition coefficient (Wildman–Crippen LogP) is 2.04. The molecular formula is C15H18FNO2. The van der Waals surface area contributed by atoms with E-state index in [0.717, 1.165) is 6.42 Å². The first kappa shape index (κ1) is 15.2. The molecule has 1 rings (SSSR count). The molecule has 0 unspecified atom stereocenters. The number of hydrogen-bond acceptors (Lipinski definition) is 2. The lowest BCUT2D eigenvalue weighted by atomic mass is 10.1. The largest absolute Gasteiger partial charge is 0.384 e. The molecule has 1 aromatic rings. The SMILES string of the molecule is CCCN(CC)C(=O)c1cc(F)ccc1C#CCO. The molecule has 0 aromatic heterocycles. The van der Waals surface area contributed by atoms with Crippen LogP contribution in [0, 0.1) is 17.7 Å². The molecule has 1 N–H and O–H groups in total. The van der Waals surface area contributed by atoms with Crippen molar-refractivity contribution in [2.45, 2.75) is 20.3 Å². The van der Waals surface area contributed by atoms with E-state index in [1.54, 1.807) is 4.90 Å². The van der Waals surface area contributed by atoms with Gasteiger partial charge in [-0.1, -0.05) is 18.8 Å². The number of benzene rings is 1. The quantitative estimate of drug-likeness (QED) is 0.845. The van der Waals surface area contributed by atoms with Gasteiger partial charge < -0.3 is 10.0 Å². The second-order valence-corrected chi connectivity index (χ2v) is 4.03. The molecule has 0 heterocycles. The number of aliphatic hydroxyl groups is 1. The third kappa shape index (κ3) is 4.08. The van der Waals surface area contributed by atoms with E-state index in [4.69, 9.17) is 5.11 Å². The Balaban J connectivity index is 3.15. The number of nitrogens with zero attached hydrogens (tertiary/aromatic N) is 1. The highest BCUT2D eigenvalue weighted by atomic mass is 19.1. The van der Waals surface area contributed by atoms with E-state index < -0.39 is 5.82 Å². The van der Waals surface area contributed by atoms with Gasteiger partial charge in [-0.3, -0.25) is 4.79 Å². The van der Waals surface area contributed by atoms with Crippen LogP contribution in [0.5, 0.6) is 0 Å². The Bertz CT molecular complexity index is 503. The standard InChI is InChI=1S/C15H18FNO2/c1-3-9-17(4-2)15(19)14-11-13(16)8-7-12(14)6-5-10-18/h7-8,11,18H,3-4,9-10H2,1-2H3. The van der Waals surface area contributed by atoms with Crippen LogP contribution in [0.1, 0.15) is 36.2 Å². The van der Waals surface area contributed by atoms with Gasteiger partial charge in [0.1, 0.15) is 12.4 Å². The fraction of sp³-hybridized carbons (Fsp3) is 0.400. The molecule has 0 saturated heterocycles. The van der Waals surface area contributed by atoms with Crippen LogP contribution >= 0.6 is 0 Å². The van der Waals surface area contributed by atoms with Crippen molar-refractivity contribution in [3.63, 3.8) is 0 Å². The molecule has 0 spiro atoms. The Hall–Kier alpha value is -1.86. The number of amides is 1. The van der Waals surface area contributed by atoms with Gasteiger partial charge in [0.25, 0.3) is 5.91 Å². The molecule has 4 heteroatoms. The lowest BCUT2D eigenvalue weighted by Gasteiger charge is -2.20. The summed E-state index contributed by atoms with van der Waals surface area (Å²) < 4.78 is 13.3. The van der Waals surface area contributed by atoms with Crippen molar-refractivity contribution in [2.75, 3.05) is 19.7 Å². The topological polar surface area (TPSA) is 40.5 Å².